The predicted molar refractivity (Wildman–Crippen MR) is 106 cm³/mol. The van der Waals surface area contributed by atoms with Gasteiger partial charge in [0, 0.05) is 25.6 Å². The summed E-state index contributed by atoms with van der Waals surface area (Å²) in [6.07, 6.45) is 1.09. The zero-order valence-corrected chi connectivity index (χ0v) is 18.0. The van der Waals surface area contributed by atoms with Gasteiger partial charge in [-0.3, -0.25) is 4.79 Å². The first-order valence-corrected chi connectivity index (χ1v) is 11.5. The molecule has 0 saturated carbocycles. The molecule has 1 aromatic carbocycles. The van der Waals surface area contributed by atoms with Crippen LogP contribution in [0.15, 0.2) is 23.1 Å². The third-order valence-electron chi connectivity index (χ3n) is 4.84. The lowest BCUT2D eigenvalue weighted by Crippen LogP contribution is -2.40. The predicted octanol–water partition coefficient (Wildman–Crippen LogP) is 1.74. The number of ether oxygens (including phenoxy) is 4. The van der Waals surface area contributed by atoms with E-state index in [4.69, 9.17) is 18.9 Å². The van der Waals surface area contributed by atoms with E-state index in [0.717, 1.165) is 6.42 Å². The zero-order valence-electron chi connectivity index (χ0n) is 17.2. The summed E-state index contributed by atoms with van der Waals surface area (Å²) in [4.78, 5) is 23.8. The Morgan fingerprint density at radius 1 is 1.13 bits per heavy atom. The number of sulfonamides is 1. The summed E-state index contributed by atoms with van der Waals surface area (Å²) in [6.45, 7) is 4.34. The molecule has 10 heteroatoms. The van der Waals surface area contributed by atoms with Crippen LogP contribution in [-0.2, 0) is 29.1 Å². The molecule has 0 spiro atoms. The quantitative estimate of drug-likeness (QED) is 0.614. The smallest absolute Gasteiger partial charge is 0.344 e. The Morgan fingerprint density at radius 3 is 2.47 bits per heavy atom. The van der Waals surface area contributed by atoms with Gasteiger partial charge in [0.25, 0.3) is 0 Å². The SMILES string of the molecule is CC(C)OC(=O)COC(=O)C1CCN(S(=O)(=O)c2ccc3c(c2)OCCCO3)CC1. The minimum Gasteiger partial charge on any atom is -0.490 e. The average molecular weight is 442 g/mol. The van der Waals surface area contributed by atoms with Crippen molar-refractivity contribution >= 4 is 22.0 Å². The number of nitrogens with zero attached hydrogens (tertiary/aromatic N) is 1. The van der Waals surface area contributed by atoms with Crippen molar-refractivity contribution < 1.29 is 37.0 Å². The fraction of sp³-hybridized carbons (Fsp3) is 0.600. The van der Waals surface area contributed by atoms with Crippen LogP contribution in [0, 0.1) is 5.92 Å². The van der Waals surface area contributed by atoms with E-state index in [1.807, 2.05) is 0 Å². The lowest BCUT2D eigenvalue weighted by atomic mass is 9.98. The molecular weight excluding hydrogens is 414 g/mol. The summed E-state index contributed by atoms with van der Waals surface area (Å²) in [6, 6.07) is 4.59. The molecule has 2 heterocycles. The maximum atomic E-state index is 13.0. The average Bonchev–Trinajstić information content (AvgIpc) is 2.96. The van der Waals surface area contributed by atoms with Gasteiger partial charge in [-0.05, 0) is 38.8 Å². The minimum atomic E-state index is -3.72. The van der Waals surface area contributed by atoms with E-state index in [2.05, 4.69) is 0 Å². The molecule has 1 fully saturated rings. The van der Waals surface area contributed by atoms with E-state index >= 15 is 0 Å². The summed E-state index contributed by atoms with van der Waals surface area (Å²) < 4.78 is 48.4. The second-order valence-electron chi connectivity index (χ2n) is 7.48. The molecule has 2 aliphatic heterocycles. The number of fused-ring (bicyclic) bond motifs is 1. The van der Waals surface area contributed by atoms with Crippen molar-refractivity contribution in [2.24, 2.45) is 5.92 Å². The van der Waals surface area contributed by atoms with E-state index in [1.165, 1.54) is 16.4 Å². The Bertz CT molecular complexity index is 875. The molecule has 30 heavy (non-hydrogen) atoms. The normalized spacial score (nSPS) is 18.0. The molecule has 2 aliphatic rings. The summed E-state index contributed by atoms with van der Waals surface area (Å²) in [5.74, 6) is -0.618. The van der Waals surface area contributed by atoms with Crippen LogP contribution < -0.4 is 9.47 Å². The highest BCUT2D eigenvalue weighted by Gasteiger charge is 2.33. The third-order valence-corrected chi connectivity index (χ3v) is 6.74. The summed E-state index contributed by atoms with van der Waals surface area (Å²) in [7, 11) is -3.72. The maximum absolute atomic E-state index is 13.0. The molecule has 0 bridgehead atoms. The van der Waals surface area contributed by atoms with Crippen molar-refractivity contribution in [1.82, 2.24) is 4.31 Å². The Morgan fingerprint density at radius 2 is 1.80 bits per heavy atom. The highest BCUT2D eigenvalue weighted by Crippen LogP contribution is 2.33. The summed E-state index contributed by atoms with van der Waals surface area (Å²) in [5.41, 5.74) is 0. The van der Waals surface area contributed by atoms with E-state index in [9.17, 15) is 18.0 Å². The van der Waals surface area contributed by atoms with Gasteiger partial charge in [-0.2, -0.15) is 4.31 Å². The third kappa shape index (κ3) is 5.42. The van der Waals surface area contributed by atoms with Gasteiger partial charge in [0.1, 0.15) is 0 Å². The molecule has 0 N–H and O–H groups in total. The zero-order chi connectivity index (χ0) is 21.7. The lowest BCUT2D eigenvalue weighted by Gasteiger charge is -2.30. The number of carbonyl (C=O) groups is 2. The van der Waals surface area contributed by atoms with Gasteiger partial charge in [0.2, 0.25) is 10.0 Å². The van der Waals surface area contributed by atoms with Gasteiger partial charge in [-0.15, -0.1) is 0 Å². The molecule has 0 aromatic heterocycles. The van der Waals surface area contributed by atoms with Crippen molar-refractivity contribution in [3.8, 4) is 11.5 Å². The monoisotopic (exact) mass is 441 g/mol. The number of piperidine rings is 1. The molecule has 0 aliphatic carbocycles. The minimum absolute atomic E-state index is 0.129. The van der Waals surface area contributed by atoms with Crippen molar-refractivity contribution in [3.05, 3.63) is 18.2 Å². The van der Waals surface area contributed by atoms with Gasteiger partial charge in [0.15, 0.2) is 18.1 Å². The molecule has 1 aromatic rings. The second kappa shape index (κ2) is 9.65. The highest BCUT2D eigenvalue weighted by atomic mass is 32.2. The van der Waals surface area contributed by atoms with Gasteiger partial charge in [-0.25, -0.2) is 13.2 Å². The standard InChI is InChI=1S/C20H27NO8S/c1-14(2)29-19(22)13-28-20(23)15-6-8-21(9-7-15)30(24,25)16-4-5-17-18(12-16)27-11-3-10-26-17/h4-5,12,14-15H,3,6-11,13H2,1-2H3. The number of esters is 2. The van der Waals surface area contributed by atoms with Crippen molar-refractivity contribution in [1.29, 1.82) is 0 Å². The number of carbonyl (C=O) groups excluding carboxylic acids is 2. The second-order valence-corrected chi connectivity index (χ2v) is 9.42. The number of hydrogen-bond acceptors (Lipinski definition) is 8. The Kier molecular flexibility index (Phi) is 7.19. The number of rotatable bonds is 6. The number of hydrogen-bond donors (Lipinski definition) is 0. The molecule has 3 rings (SSSR count). The van der Waals surface area contributed by atoms with Crippen LogP contribution in [-0.4, -0.2) is 63.7 Å². The largest absolute Gasteiger partial charge is 0.490 e. The fourth-order valence-electron chi connectivity index (χ4n) is 3.33. The van der Waals surface area contributed by atoms with Crippen molar-refractivity contribution in [2.45, 2.75) is 44.1 Å². The fourth-order valence-corrected chi connectivity index (χ4v) is 4.82. The topological polar surface area (TPSA) is 108 Å². The Labute approximate surface area is 176 Å². The maximum Gasteiger partial charge on any atom is 0.344 e. The van der Waals surface area contributed by atoms with Gasteiger partial charge < -0.3 is 18.9 Å². The molecular formula is C20H27NO8S. The molecule has 9 nitrogen and oxygen atoms in total. The van der Waals surface area contributed by atoms with Crippen molar-refractivity contribution in [2.75, 3.05) is 32.9 Å². The van der Waals surface area contributed by atoms with Crippen LogP contribution in [0.1, 0.15) is 33.1 Å². The van der Waals surface area contributed by atoms with Crippen LogP contribution >= 0.6 is 0 Å². The molecule has 0 amide bonds. The van der Waals surface area contributed by atoms with Gasteiger partial charge in [0.05, 0.1) is 30.1 Å². The molecule has 0 atom stereocenters. The molecule has 166 valence electrons. The Hall–Kier alpha value is -2.33. The van der Waals surface area contributed by atoms with Crippen molar-refractivity contribution in [3.63, 3.8) is 0 Å². The Balaban J connectivity index is 1.57. The first-order valence-electron chi connectivity index (χ1n) is 10.0. The lowest BCUT2D eigenvalue weighted by molar-refractivity contribution is -0.164. The molecule has 0 radical (unpaired) electrons. The van der Waals surface area contributed by atoms with Crippen LogP contribution in [0.4, 0.5) is 0 Å². The van der Waals surface area contributed by atoms with Crippen LogP contribution in [0.5, 0.6) is 11.5 Å². The number of benzene rings is 1. The van der Waals surface area contributed by atoms with Gasteiger partial charge >= 0.3 is 11.9 Å². The molecule has 0 unspecified atom stereocenters. The first-order chi connectivity index (χ1) is 14.3. The first kappa shape index (κ1) is 22.4. The van der Waals surface area contributed by atoms with E-state index in [1.54, 1.807) is 19.9 Å². The summed E-state index contributed by atoms with van der Waals surface area (Å²) in [5, 5.41) is 0. The van der Waals surface area contributed by atoms with Gasteiger partial charge in [-0.1, -0.05) is 0 Å². The molecule has 1 saturated heterocycles. The van der Waals surface area contributed by atoms with E-state index in [-0.39, 0.29) is 24.1 Å². The van der Waals surface area contributed by atoms with Crippen LogP contribution in [0.2, 0.25) is 0 Å². The van der Waals surface area contributed by atoms with Crippen LogP contribution in [0.25, 0.3) is 0 Å². The van der Waals surface area contributed by atoms with Crippen LogP contribution in [0.3, 0.4) is 0 Å². The highest BCUT2D eigenvalue weighted by molar-refractivity contribution is 7.89. The van der Waals surface area contributed by atoms with E-state index < -0.39 is 34.5 Å². The van der Waals surface area contributed by atoms with E-state index in [0.29, 0.717) is 37.6 Å². The summed E-state index contributed by atoms with van der Waals surface area (Å²) >= 11 is 0.